The van der Waals surface area contributed by atoms with Gasteiger partial charge in [-0.25, -0.2) is 0 Å². The normalized spacial score (nSPS) is 20.7. The molecule has 0 radical (unpaired) electrons. The van der Waals surface area contributed by atoms with E-state index in [-0.39, 0.29) is 18.0 Å². The second kappa shape index (κ2) is 5.85. The molecule has 4 nitrogen and oxygen atoms in total. The van der Waals surface area contributed by atoms with Crippen molar-refractivity contribution < 1.29 is 4.79 Å². The topological polar surface area (TPSA) is 70.1 Å². The summed E-state index contributed by atoms with van der Waals surface area (Å²) in [5.74, 6) is -0.0147. The number of rotatable bonds is 2. The van der Waals surface area contributed by atoms with Crippen LogP contribution in [0.25, 0.3) is 0 Å². The largest absolute Gasteiger partial charge is 0.334 e. The molecule has 1 saturated heterocycles. The third-order valence-corrected chi connectivity index (χ3v) is 3.66. The van der Waals surface area contributed by atoms with Gasteiger partial charge in [0.1, 0.15) is 0 Å². The van der Waals surface area contributed by atoms with Crippen molar-refractivity contribution in [2.75, 3.05) is 6.54 Å². The summed E-state index contributed by atoms with van der Waals surface area (Å²) in [6.45, 7) is 2.70. The van der Waals surface area contributed by atoms with Crippen molar-refractivity contribution in [3.63, 3.8) is 0 Å². The van der Waals surface area contributed by atoms with Crippen LogP contribution in [0.2, 0.25) is 0 Å². The second-order valence-electron chi connectivity index (χ2n) is 5.11. The Bertz CT molecular complexity index is 504. The Morgan fingerprint density at radius 1 is 1.53 bits per heavy atom. The van der Waals surface area contributed by atoms with Gasteiger partial charge in [-0.05, 0) is 44.4 Å². The fraction of sp³-hybridized carbons (Fsp3) is 0.467. The summed E-state index contributed by atoms with van der Waals surface area (Å²) in [6.07, 6.45) is 3.10. The van der Waals surface area contributed by atoms with Gasteiger partial charge in [-0.3, -0.25) is 4.79 Å². The summed E-state index contributed by atoms with van der Waals surface area (Å²) < 4.78 is 0. The highest BCUT2D eigenvalue weighted by atomic mass is 16.2. The van der Waals surface area contributed by atoms with Crippen LogP contribution in [0.1, 0.15) is 42.1 Å². The van der Waals surface area contributed by atoms with Crippen molar-refractivity contribution in [2.45, 2.75) is 38.3 Å². The van der Waals surface area contributed by atoms with E-state index >= 15 is 0 Å². The van der Waals surface area contributed by atoms with E-state index in [4.69, 9.17) is 11.0 Å². The van der Waals surface area contributed by atoms with Crippen molar-refractivity contribution >= 4 is 5.91 Å². The zero-order valence-electron chi connectivity index (χ0n) is 11.2. The van der Waals surface area contributed by atoms with E-state index in [1.165, 1.54) is 0 Å². The molecule has 1 aliphatic rings. The quantitative estimate of drug-likeness (QED) is 0.879. The van der Waals surface area contributed by atoms with Crippen LogP contribution in [0.3, 0.4) is 0 Å². The summed E-state index contributed by atoms with van der Waals surface area (Å²) in [5.41, 5.74) is 7.07. The molecule has 4 heteroatoms. The number of benzene rings is 1. The van der Waals surface area contributed by atoms with Crippen molar-refractivity contribution in [1.29, 1.82) is 5.26 Å². The molecule has 1 amide bonds. The van der Waals surface area contributed by atoms with Gasteiger partial charge < -0.3 is 10.6 Å². The Morgan fingerprint density at radius 3 is 3.00 bits per heavy atom. The van der Waals surface area contributed by atoms with Gasteiger partial charge in [-0.1, -0.05) is 6.07 Å². The van der Waals surface area contributed by atoms with Gasteiger partial charge in [0.15, 0.2) is 0 Å². The van der Waals surface area contributed by atoms with E-state index in [0.29, 0.717) is 11.1 Å². The first-order valence-corrected chi connectivity index (χ1v) is 6.70. The van der Waals surface area contributed by atoms with Gasteiger partial charge in [0.2, 0.25) is 0 Å². The fourth-order valence-corrected chi connectivity index (χ4v) is 2.64. The van der Waals surface area contributed by atoms with Crippen molar-refractivity contribution in [2.24, 2.45) is 5.73 Å². The number of piperidine rings is 1. The molecule has 0 spiro atoms. The number of hydrogen-bond acceptors (Lipinski definition) is 3. The molecule has 0 bridgehead atoms. The molecular formula is C15H19N3O. The van der Waals surface area contributed by atoms with Gasteiger partial charge in [0.25, 0.3) is 5.91 Å². The third-order valence-electron chi connectivity index (χ3n) is 3.66. The first-order chi connectivity index (χ1) is 9.13. The molecule has 0 aliphatic carbocycles. The van der Waals surface area contributed by atoms with Gasteiger partial charge in [-0.15, -0.1) is 0 Å². The highest BCUT2D eigenvalue weighted by Gasteiger charge is 2.29. The highest BCUT2D eigenvalue weighted by Crippen LogP contribution is 2.21. The molecule has 1 aromatic rings. The van der Waals surface area contributed by atoms with Gasteiger partial charge >= 0.3 is 0 Å². The maximum absolute atomic E-state index is 12.5. The van der Waals surface area contributed by atoms with Crippen LogP contribution in [0.5, 0.6) is 0 Å². The van der Waals surface area contributed by atoms with Crippen LogP contribution in [0.15, 0.2) is 24.3 Å². The van der Waals surface area contributed by atoms with E-state index in [9.17, 15) is 4.79 Å². The van der Waals surface area contributed by atoms with Crippen molar-refractivity contribution in [3.05, 3.63) is 35.4 Å². The molecule has 2 unspecified atom stereocenters. The lowest BCUT2D eigenvalue weighted by Crippen LogP contribution is -2.51. The zero-order chi connectivity index (χ0) is 13.8. The average Bonchev–Trinajstić information content (AvgIpc) is 2.46. The summed E-state index contributed by atoms with van der Waals surface area (Å²) in [6, 6.07) is 9.00. The standard InChI is InChI=1S/C15H19N3O/c1-11(17)14-7-2-3-8-18(14)15(19)13-6-4-5-12(9-13)10-16/h4-6,9,11,14H,2-3,7-8,17H2,1H3. The summed E-state index contributed by atoms with van der Waals surface area (Å²) in [4.78, 5) is 14.4. The molecule has 0 aromatic heterocycles. The Balaban J connectivity index is 2.24. The minimum Gasteiger partial charge on any atom is -0.334 e. The van der Waals surface area contributed by atoms with Crippen LogP contribution in [-0.4, -0.2) is 29.4 Å². The number of amides is 1. The first-order valence-electron chi connectivity index (χ1n) is 6.70. The average molecular weight is 257 g/mol. The van der Waals surface area contributed by atoms with Crippen molar-refractivity contribution in [3.8, 4) is 6.07 Å². The van der Waals surface area contributed by atoms with E-state index < -0.39 is 0 Å². The van der Waals surface area contributed by atoms with E-state index in [0.717, 1.165) is 25.8 Å². The van der Waals surface area contributed by atoms with Gasteiger partial charge in [0.05, 0.1) is 11.6 Å². The molecule has 2 rings (SSSR count). The minimum atomic E-state index is -0.0246. The lowest BCUT2D eigenvalue weighted by Gasteiger charge is -2.38. The number of nitrogens with two attached hydrogens (primary N) is 1. The minimum absolute atomic E-state index is 0.0147. The molecule has 2 N–H and O–H groups in total. The molecule has 1 fully saturated rings. The number of likely N-dealkylation sites (tertiary alicyclic amines) is 1. The van der Waals surface area contributed by atoms with Crippen LogP contribution in [0.4, 0.5) is 0 Å². The number of hydrogen-bond donors (Lipinski definition) is 1. The SMILES string of the molecule is CC(N)C1CCCCN1C(=O)c1cccc(C#N)c1. The molecule has 1 aromatic carbocycles. The lowest BCUT2D eigenvalue weighted by atomic mass is 9.96. The Kier molecular flexibility index (Phi) is 4.18. The molecule has 2 atom stereocenters. The molecular weight excluding hydrogens is 238 g/mol. The van der Waals surface area contributed by atoms with Gasteiger partial charge in [0, 0.05) is 24.2 Å². The van der Waals surface area contributed by atoms with E-state index in [1.54, 1.807) is 24.3 Å². The zero-order valence-corrected chi connectivity index (χ0v) is 11.2. The van der Waals surface area contributed by atoms with Crippen molar-refractivity contribution in [1.82, 2.24) is 4.90 Å². The number of carbonyl (C=O) groups excluding carboxylic acids is 1. The molecule has 19 heavy (non-hydrogen) atoms. The molecule has 1 heterocycles. The molecule has 0 saturated carbocycles. The predicted molar refractivity (Wildman–Crippen MR) is 73.5 cm³/mol. The van der Waals surface area contributed by atoms with Gasteiger partial charge in [-0.2, -0.15) is 5.26 Å². The van der Waals surface area contributed by atoms with Crippen LogP contribution in [-0.2, 0) is 0 Å². The summed E-state index contributed by atoms with van der Waals surface area (Å²) in [5, 5.41) is 8.90. The maximum atomic E-state index is 12.5. The number of nitrogens with zero attached hydrogens (tertiary/aromatic N) is 2. The summed E-state index contributed by atoms with van der Waals surface area (Å²) in [7, 11) is 0. The maximum Gasteiger partial charge on any atom is 0.254 e. The highest BCUT2D eigenvalue weighted by molar-refractivity contribution is 5.94. The van der Waals surface area contributed by atoms with E-state index in [2.05, 4.69) is 6.07 Å². The van der Waals surface area contributed by atoms with Crippen LogP contribution >= 0.6 is 0 Å². The Morgan fingerprint density at radius 2 is 2.32 bits per heavy atom. The fourth-order valence-electron chi connectivity index (χ4n) is 2.64. The monoisotopic (exact) mass is 257 g/mol. The Hall–Kier alpha value is -1.86. The predicted octanol–water partition coefficient (Wildman–Crippen LogP) is 1.90. The van der Waals surface area contributed by atoms with Crippen LogP contribution < -0.4 is 5.73 Å². The van der Waals surface area contributed by atoms with Crippen LogP contribution in [0, 0.1) is 11.3 Å². The number of carbonyl (C=O) groups is 1. The Labute approximate surface area is 113 Å². The van der Waals surface area contributed by atoms with E-state index in [1.807, 2.05) is 11.8 Å². The number of nitriles is 1. The molecule has 1 aliphatic heterocycles. The second-order valence-corrected chi connectivity index (χ2v) is 5.11. The third kappa shape index (κ3) is 2.94. The first kappa shape index (κ1) is 13.6. The summed E-state index contributed by atoms with van der Waals surface area (Å²) >= 11 is 0. The molecule has 100 valence electrons. The smallest absolute Gasteiger partial charge is 0.254 e. The lowest BCUT2D eigenvalue weighted by molar-refractivity contribution is 0.0584.